The van der Waals surface area contributed by atoms with Crippen molar-refractivity contribution >= 4 is 69.3 Å². The summed E-state index contributed by atoms with van der Waals surface area (Å²) in [5, 5.41) is 31.7. The molecule has 5 aromatic rings. The maximum absolute atomic E-state index is 13.9. The van der Waals surface area contributed by atoms with Crippen LogP contribution in [0.3, 0.4) is 0 Å². The topological polar surface area (TPSA) is 235 Å². The van der Waals surface area contributed by atoms with Crippen molar-refractivity contribution in [1.82, 2.24) is 35.4 Å². The lowest BCUT2D eigenvalue weighted by molar-refractivity contribution is -0.137. The van der Waals surface area contributed by atoms with Gasteiger partial charge in [0, 0.05) is 46.8 Å². The lowest BCUT2D eigenvalue weighted by atomic mass is 10.0. The molecule has 0 spiro atoms. The fourth-order valence-electron chi connectivity index (χ4n) is 6.18. The summed E-state index contributed by atoms with van der Waals surface area (Å²) in [5.41, 5.74) is 2.14. The van der Waals surface area contributed by atoms with Gasteiger partial charge >= 0.3 is 23.8 Å². The number of nitrogens with one attached hydrogen (secondary N) is 5. The van der Waals surface area contributed by atoms with E-state index in [1.807, 2.05) is 0 Å². The highest BCUT2D eigenvalue weighted by Gasteiger charge is 2.27. The van der Waals surface area contributed by atoms with Gasteiger partial charge < -0.3 is 45.7 Å². The van der Waals surface area contributed by atoms with E-state index in [0.29, 0.717) is 59.5 Å². The van der Waals surface area contributed by atoms with Gasteiger partial charge in [0.1, 0.15) is 23.7 Å². The van der Waals surface area contributed by atoms with Crippen molar-refractivity contribution in [3.63, 3.8) is 0 Å². The minimum Gasteiger partial charge on any atom is -0.455 e. The Morgan fingerprint density at radius 2 is 1.67 bits per heavy atom. The molecule has 1 fully saturated rings. The number of benzene rings is 3. The molecule has 1 aliphatic rings. The number of aromatic nitrogens is 5. The number of carbonyl (C=O) groups excluding carboxylic acids is 5. The molecule has 1 aliphatic heterocycles. The summed E-state index contributed by atoms with van der Waals surface area (Å²) in [6.45, 7) is 6.51. The minimum absolute atomic E-state index is 0.00718. The number of anilines is 3. The average Bonchev–Trinajstić information content (AvgIpc) is 3.88. The van der Waals surface area contributed by atoms with Gasteiger partial charge in [0.15, 0.2) is 0 Å². The fraction of sp³-hybridized carbons (Fsp3) is 0.333. The minimum atomic E-state index is -1.26. The van der Waals surface area contributed by atoms with Crippen LogP contribution in [0.25, 0.3) is 16.6 Å². The number of urea groups is 1. The number of likely N-dealkylation sites (tertiary alicyclic amines) is 1. The number of aliphatic hydroxyl groups is 1. The van der Waals surface area contributed by atoms with Crippen molar-refractivity contribution in [2.45, 2.75) is 57.8 Å². The largest absolute Gasteiger partial charge is 0.455 e. The first-order valence-corrected chi connectivity index (χ1v) is 18.8. The summed E-state index contributed by atoms with van der Waals surface area (Å²) in [4.78, 5) is 70.9. The van der Waals surface area contributed by atoms with Gasteiger partial charge in [0.25, 0.3) is 0 Å². The highest BCUT2D eigenvalue weighted by Crippen LogP contribution is 2.25. The summed E-state index contributed by atoms with van der Waals surface area (Å²) in [6.07, 6.45) is 2.57. The van der Waals surface area contributed by atoms with Crippen LogP contribution in [0.1, 0.15) is 49.7 Å². The Balaban J connectivity index is 1.16. The van der Waals surface area contributed by atoms with Gasteiger partial charge in [-0.1, -0.05) is 23.7 Å². The fourth-order valence-corrected chi connectivity index (χ4v) is 6.35. The molecule has 19 heteroatoms. The molecule has 2 aromatic heterocycles. The van der Waals surface area contributed by atoms with Crippen LogP contribution in [-0.2, 0) is 30.3 Å². The number of hydrogen-bond acceptors (Lipinski definition) is 11. The third kappa shape index (κ3) is 10.9. The third-order valence-corrected chi connectivity index (χ3v) is 9.19. The predicted octanol–water partition coefficient (Wildman–Crippen LogP) is 4.06. The smallest absolute Gasteiger partial charge is 0.355 e. The lowest BCUT2D eigenvalue weighted by Gasteiger charge is -2.31. The zero-order valence-electron chi connectivity index (χ0n) is 32.0. The molecule has 6 N–H and O–H groups in total. The van der Waals surface area contributed by atoms with E-state index in [1.165, 1.54) is 17.1 Å². The zero-order valence-corrected chi connectivity index (χ0v) is 32.7. The molecular formula is C39H43ClN10O8. The summed E-state index contributed by atoms with van der Waals surface area (Å²) >= 11 is 6.18. The molecule has 1 atom stereocenters. The molecule has 1 saturated heterocycles. The van der Waals surface area contributed by atoms with E-state index in [2.05, 4.69) is 41.8 Å². The van der Waals surface area contributed by atoms with Gasteiger partial charge in [0.05, 0.1) is 30.7 Å². The van der Waals surface area contributed by atoms with Crippen molar-refractivity contribution in [3.8, 4) is 5.69 Å². The number of tetrazole rings is 1. The van der Waals surface area contributed by atoms with Gasteiger partial charge in [-0.25, -0.2) is 9.59 Å². The molecule has 3 aromatic carbocycles. The Morgan fingerprint density at radius 1 is 0.931 bits per heavy atom. The monoisotopic (exact) mass is 814 g/mol. The van der Waals surface area contributed by atoms with E-state index in [-0.39, 0.29) is 48.2 Å². The molecule has 6 rings (SSSR count). The Hall–Kier alpha value is -6.37. The number of nitrogens with zero attached hydrogens (tertiary/aromatic N) is 5. The molecule has 0 bridgehead atoms. The molecule has 304 valence electrons. The van der Waals surface area contributed by atoms with Crippen LogP contribution in [0.15, 0.2) is 73.1 Å². The van der Waals surface area contributed by atoms with Crippen LogP contribution in [0.5, 0.6) is 0 Å². The summed E-state index contributed by atoms with van der Waals surface area (Å²) in [5.74, 6) is -3.36. The number of ether oxygens (including phenoxy) is 2. The van der Waals surface area contributed by atoms with Crippen LogP contribution >= 0.6 is 11.6 Å². The van der Waals surface area contributed by atoms with Crippen LogP contribution in [0.2, 0.25) is 5.02 Å². The summed E-state index contributed by atoms with van der Waals surface area (Å²) in [6, 6.07) is 16.4. The van der Waals surface area contributed by atoms with E-state index in [9.17, 15) is 24.0 Å². The van der Waals surface area contributed by atoms with E-state index < -0.39 is 35.3 Å². The second-order valence-corrected chi connectivity index (χ2v) is 14.9. The number of halogens is 1. The van der Waals surface area contributed by atoms with Crippen molar-refractivity contribution in [1.29, 1.82) is 0 Å². The number of rotatable bonds is 12. The van der Waals surface area contributed by atoms with E-state index in [1.54, 1.807) is 86.3 Å². The molecule has 58 heavy (non-hydrogen) atoms. The highest BCUT2D eigenvalue weighted by atomic mass is 35.5. The van der Waals surface area contributed by atoms with Gasteiger partial charge in [-0.15, -0.1) is 5.10 Å². The lowest BCUT2D eigenvalue weighted by Crippen LogP contribution is -2.49. The molecule has 0 aliphatic carbocycles. The van der Waals surface area contributed by atoms with Crippen LogP contribution < -0.4 is 21.3 Å². The molecule has 0 saturated carbocycles. The van der Waals surface area contributed by atoms with Gasteiger partial charge in [0.2, 0.25) is 5.91 Å². The Morgan fingerprint density at radius 3 is 2.36 bits per heavy atom. The summed E-state index contributed by atoms with van der Waals surface area (Å²) < 4.78 is 12.3. The van der Waals surface area contributed by atoms with Gasteiger partial charge in [-0.05, 0) is 104 Å². The van der Waals surface area contributed by atoms with Crippen molar-refractivity contribution < 1.29 is 38.6 Å². The molecule has 0 radical (unpaired) electrons. The zero-order chi connectivity index (χ0) is 41.4. The number of carbonyl (C=O) groups is 5. The Labute approximate surface area is 337 Å². The predicted molar refractivity (Wildman–Crippen MR) is 214 cm³/mol. The number of H-pyrrole nitrogens is 1. The van der Waals surface area contributed by atoms with Crippen molar-refractivity contribution in [2.75, 3.05) is 42.3 Å². The Bertz CT molecular complexity index is 2270. The number of amides is 5. The van der Waals surface area contributed by atoms with Crippen molar-refractivity contribution in [2.24, 2.45) is 0 Å². The van der Waals surface area contributed by atoms with Gasteiger partial charge in [-0.3, -0.25) is 14.4 Å². The van der Waals surface area contributed by atoms with Crippen LogP contribution in [0.4, 0.5) is 21.9 Å². The maximum Gasteiger partial charge on any atom is 0.355 e. The maximum atomic E-state index is 13.9. The highest BCUT2D eigenvalue weighted by molar-refractivity contribution is 6.40. The number of hydrogen-bond donors (Lipinski definition) is 6. The standard InChI is InChI=1S/C39H43ClN10O8/c1-39(2,3)58-37(55)32-20-24-19-27(9-10-29(24)44-32)42-34(52)31(46-36(54)35(53)45-30-21-25(40)6-11-33(30)50-22-41-47-48-50)18-23-4-7-26(8-5-23)43-38(56)49-14-12-28(13-15-49)57-17-16-51/h4-11,19-22,28,31,44,51H,12-18H2,1-3H3,(H,42,52)(H,43,56)(H,45,53)(H,46,54)/t31-/m0/s1. The molecule has 3 heterocycles. The van der Waals surface area contributed by atoms with E-state index in [0.717, 1.165) is 0 Å². The number of aliphatic hydroxyl groups excluding tert-OH is 1. The Kier molecular flexibility index (Phi) is 13.0. The second kappa shape index (κ2) is 18.3. The van der Waals surface area contributed by atoms with E-state index >= 15 is 0 Å². The number of piperidine rings is 1. The van der Waals surface area contributed by atoms with Gasteiger partial charge in [-0.2, -0.15) is 4.68 Å². The molecule has 5 amide bonds. The average molecular weight is 815 g/mol. The molecule has 0 unspecified atom stereocenters. The first kappa shape index (κ1) is 41.3. The third-order valence-electron chi connectivity index (χ3n) is 8.96. The first-order valence-electron chi connectivity index (χ1n) is 18.4. The second-order valence-electron chi connectivity index (χ2n) is 14.5. The van der Waals surface area contributed by atoms with Crippen LogP contribution in [-0.4, -0.2) is 109 Å². The molecule has 18 nitrogen and oxygen atoms in total. The first-order chi connectivity index (χ1) is 27.7. The normalized spacial score (nSPS) is 13.8. The van der Waals surface area contributed by atoms with Crippen LogP contribution in [0, 0.1) is 0 Å². The summed E-state index contributed by atoms with van der Waals surface area (Å²) in [7, 11) is 0. The SMILES string of the molecule is CC(C)(C)OC(=O)c1cc2cc(NC(=O)[C@H](Cc3ccc(NC(=O)N4CCC(OCCO)CC4)cc3)NC(=O)C(=O)Nc3cc(Cl)ccc3-n3cnnn3)ccc2[nH]1. The molecular weight excluding hydrogens is 772 g/mol. The number of aromatic amines is 1. The van der Waals surface area contributed by atoms with Crippen molar-refractivity contribution in [3.05, 3.63) is 89.3 Å². The number of fused-ring (bicyclic) bond motifs is 1. The number of esters is 1. The van der Waals surface area contributed by atoms with E-state index in [4.69, 9.17) is 26.2 Å². The quantitative estimate of drug-likeness (QED) is 0.0776.